The predicted molar refractivity (Wildman–Crippen MR) is 80.0 cm³/mol. The fourth-order valence-corrected chi connectivity index (χ4v) is 1.93. The number of benzene rings is 1. The van der Waals surface area contributed by atoms with Crippen LogP contribution in [0.3, 0.4) is 0 Å². The van der Waals surface area contributed by atoms with Crippen molar-refractivity contribution < 1.29 is 4.74 Å². The van der Waals surface area contributed by atoms with E-state index in [-0.39, 0.29) is 5.84 Å². The highest BCUT2D eigenvalue weighted by Gasteiger charge is 2.07. The number of nitrogens with one attached hydrogen (secondary N) is 1. The number of amidine groups is 1. The molecule has 0 unspecified atom stereocenters. The molecule has 19 heavy (non-hydrogen) atoms. The molecule has 0 fully saturated rings. The first-order valence-corrected chi connectivity index (χ1v) is 6.86. The Balaban J connectivity index is 2.41. The molecule has 1 aromatic carbocycles. The van der Waals surface area contributed by atoms with Gasteiger partial charge in [-0.3, -0.25) is 10.3 Å². The number of nitrogen functional groups attached to an aromatic ring is 1. The molecule has 0 spiro atoms. The van der Waals surface area contributed by atoms with Crippen molar-refractivity contribution in [2.24, 2.45) is 5.73 Å². The van der Waals surface area contributed by atoms with Crippen molar-refractivity contribution in [3.63, 3.8) is 0 Å². The molecule has 4 heteroatoms. The minimum absolute atomic E-state index is 0.0838. The lowest BCUT2D eigenvalue weighted by atomic mass is 10.2. The number of hydrogen-bond acceptors (Lipinski definition) is 3. The van der Waals surface area contributed by atoms with E-state index in [1.165, 1.54) is 0 Å². The quantitative estimate of drug-likeness (QED) is 0.559. The zero-order valence-corrected chi connectivity index (χ0v) is 12.1. The van der Waals surface area contributed by atoms with Crippen LogP contribution in [0.25, 0.3) is 0 Å². The number of rotatable bonds is 8. The van der Waals surface area contributed by atoms with Gasteiger partial charge in [-0.1, -0.05) is 6.92 Å². The van der Waals surface area contributed by atoms with E-state index < -0.39 is 0 Å². The van der Waals surface area contributed by atoms with Gasteiger partial charge in [0.2, 0.25) is 0 Å². The number of nitrogens with zero attached hydrogens (tertiary/aromatic N) is 1. The van der Waals surface area contributed by atoms with E-state index in [2.05, 4.69) is 25.7 Å². The molecule has 0 aliphatic heterocycles. The van der Waals surface area contributed by atoms with Crippen LogP contribution in [-0.4, -0.2) is 36.5 Å². The zero-order chi connectivity index (χ0) is 14.3. The first-order valence-electron chi connectivity index (χ1n) is 6.86. The summed E-state index contributed by atoms with van der Waals surface area (Å²) in [7, 11) is 0. The van der Waals surface area contributed by atoms with Gasteiger partial charge in [0.25, 0.3) is 0 Å². The Kier molecular flexibility index (Phi) is 6.36. The molecule has 1 aromatic rings. The molecule has 0 aromatic heterocycles. The third-order valence-corrected chi connectivity index (χ3v) is 3.05. The van der Waals surface area contributed by atoms with Gasteiger partial charge >= 0.3 is 0 Å². The van der Waals surface area contributed by atoms with Gasteiger partial charge in [0, 0.05) is 18.2 Å². The summed E-state index contributed by atoms with van der Waals surface area (Å²) in [6.07, 6.45) is 1.16. The summed E-state index contributed by atoms with van der Waals surface area (Å²) in [6, 6.07) is 7.88. The standard InChI is InChI=1S/C15H25N3O/c1-4-9-18(12(2)3)10-11-19-14-7-5-13(6-8-14)15(16)17/h5-8,12H,4,9-11H2,1-3H3,(H3,16,17). The van der Waals surface area contributed by atoms with Crippen molar-refractivity contribution in [1.82, 2.24) is 4.90 Å². The van der Waals surface area contributed by atoms with Crippen molar-refractivity contribution >= 4 is 5.84 Å². The van der Waals surface area contributed by atoms with Gasteiger partial charge in [0.05, 0.1) is 0 Å². The highest BCUT2D eigenvalue weighted by Crippen LogP contribution is 2.12. The molecule has 1 rings (SSSR count). The molecular weight excluding hydrogens is 238 g/mol. The molecule has 0 aliphatic carbocycles. The molecule has 0 radical (unpaired) electrons. The first kappa shape index (κ1) is 15.5. The van der Waals surface area contributed by atoms with Crippen LogP contribution in [-0.2, 0) is 0 Å². The Bertz CT molecular complexity index is 387. The second-order valence-corrected chi connectivity index (χ2v) is 4.92. The molecule has 0 bridgehead atoms. The number of nitrogens with two attached hydrogens (primary N) is 1. The van der Waals surface area contributed by atoms with Crippen LogP contribution in [0.15, 0.2) is 24.3 Å². The monoisotopic (exact) mass is 263 g/mol. The molecular formula is C15H25N3O. The lowest BCUT2D eigenvalue weighted by Crippen LogP contribution is -2.35. The van der Waals surface area contributed by atoms with Gasteiger partial charge in [0.15, 0.2) is 0 Å². The molecule has 4 nitrogen and oxygen atoms in total. The lowest BCUT2D eigenvalue weighted by Gasteiger charge is -2.25. The molecule has 0 heterocycles. The summed E-state index contributed by atoms with van der Waals surface area (Å²) in [5.41, 5.74) is 6.13. The first-order chi connectivity index (χ1) is 9.04. The average molecular weight is 263 g/mol. The van der Waals surface area contributed by atoms with Crippen LogP contribution in [0.5, 0.6) is 5.75 Å². The van der Waals surface area contributed by atoms with Crippen LogP contribution in [0.4, 0.5) is 0 Å². The Hall–Kier alpha value is -1.55. The highest BCUT2D eigenvalue weighted by molar-refractivity contribution is 5.94. The van der Waals surface area contributed by atoms with Crippen LogP contribution in [0.2, 0.25) is 0 Å². The van der Waals surface area contributed by atoms with Gasteiger partial charge in [-0.05, 0) is 51.1 Å². The van der Waals surface area contributed by atoms with E-state index in [9.17, 15) is 0 Å². The lowest BCUT2D eigenvalue weighted by molar-refractivity contribution is 0.176. The fourth-order valence-electron chi connectivity index (χ4n) is 1.93. The van der Waals surface area contributed by atoms with Gasteiger partial charge < -0.3 is 10.5 Å². The molecule has 0 amide bonds. The van der Waals surface area contributed by atoms with Gasteiger partial charge in [-0.2, -0.15) is 0 Å². The van der Waals surface area contributed by atoms with Crippen LogP contribution in [0.1, 0.15) is 32.8 Å². The van der Waals surface area contributed by atoms with Gasteiger partial charge in [-0.15, -0.1) is 0 Å². The fraction of sp³-hybridized carbons (Fsp3) is 0.533. The highest BCUT2D eigenvalue weighted by atomic mass is 16.5. The average Bonchev–Trinajstić information content (AvgIpc) is 2.38. The van der Waals surface area contributed by atoms with E-state index in [4.69, 9.17) is 15.9 Å². The minimum atomic E-state index is 0.0838. The van der Waals surface area contributed by atoms with Crippen LogP contribution >= 0.6 is 0 Å². The number of hydrogen-bond donors (Lipinski definition) is 2. The molecule has 0 atom stereocenters. The summed E-state index contributed by atoms with van der Waals surface area (Å²) in [5, 5.41) is 7.32. The van der Waals surface area contributed by atoms with E-state index in [1.54, 1.807) is 0 Å². The van der Waals surface area contributed by atoms with Crippen molar-refractivity contribution in [3.05, 3.63) is 29.8 Å². The second-order valence-electron chi connectivity index (χ2n) is 4.92. The second kappa shape index (κ2) is 7.79. The third-order valence-electron chi connectivity index (χ3n) is 3.05. The summed E-state index contributed by atoms with van der Waals surface area (Å²) in [4.78, 5) is 2.41. The molecule has 0 aliphatic rings. The Morgan fingerprint density at radius 2 is 1.89 bits per heavy atom. The Morgan fingerprint density at radius 1 is 1.26 bits per heavy atom. The largest absolute Gasteiger partial charge is 0.492 e. The normalized spacial score (nSPS) is 11.0. The van der Waals surface area contributed by atoms with Crippen molar-refractivity contribution in [1.29, 1.82) is 5.41 Å². The Morgan fingerprint density at radius 3 is 2.37 bits per heavy atom. The number of ether oxygens (including phenoxy) is 1. The van der Waals surface area contributed by atoms with E-state index in [0.29, 0.717) is 12.6 Å². The van der Waals surface area contributed by atoms with E-state index in [1.807, 2.05) is 24.3 Å². The summed E-state index contributed by atoms with van der Waals surface area (Å²) in [5.74, 6) is 0.908. The maximum atomic E-state index is 7.32. The van der Waals surface area contributed by atoms with E-state index >= 15 is 0 Å². The summed E-state index contributed by atoms with van der Waals surface area (Å²) < 4.78 is 5.71. The molecule has 3 N–H and O–H groups in total. The predicted octanol–water partition coefficient (Wildman–Crippen LogP) is 2.47. The molecule has 106 valence electrons. The van der Waals surface area contributed by atoms with E-state index in [0.717, 1.165) is 30.8 Å². The van der Waals surface area contributed by atoms with Gasteiger partial charge in [0.1, 0.15) is 18.2 Å². The van der Waals surface area contributed by atoms with Gasteiger partial charge in [-0.25, -0.2) is 0 Å². The minimum Gasteiger partial charge on any atom is -0.492 e. The summed E-state index contributed by atoms with van der Waals surface area (Å²) in [6.45, 7) is 9.31. The van der Waals surface area contributed by atoms with Crippen molar-refractivity contribution in [2.75, 3.05) is 19.7 Å². The van der Waals surface area contributed by atoms with Crippen molar-refractivity contribution in [2.45, 2.75) is 33.2 Å². The summed E-state index contributed by atoms with van der Waals surface area (Å²) >= 11 is 0. The molecule has 0 saturated heterocycles. The zero-order valence-electron chi connectivity index (χ0n) is 12.1. The van der Waals surface area contributed by atoms with Crippen LogP contribution < -0.4 is 10.5 Å². The maximum Gasteiger partial charge on any atom is 0.122 e. The van der Waals surface area contributed by atoms with Crippen LogP contribution in [0, 0.1) is 5.41 Å². The van der Waals surface area contributed by atoms with Crippen molar-refractivity contribution in [3.8, 4) is 5.75 Å². The SMILES string of the molecule is CCCN(CCOc1ccc(C(=N)N)cc1)C(C)C. The molecule has 0 saturated carbocycles. The Labute approximate surface area is 116 Å². The smallest absolute Gasteiger partial charge is 0.122 e. The third kappa shape index (κ3) is 5.30. The maximum absolute atomic E-state index is 7.32. The topological polar surface area (TPSA) is 62.3 Å².